The summed E-state index contributed by atoms with van der Waals surface area (Å²) in [4.78, 5) is 34.9. The van der Waals surface area contributed by atoms with Crippen LogP contribution in [-0.2, 0) is 23.3 Å². The molecule has 0 atom stereocenters. The molecule has 0 aromatic carbocycles. The molecule has 0 unspecified atom stereocenters. The van der Waals surface area contributed by atoms with Gasteiger partial charge in [0, 0.05) is 13.5 Å². The monoisotopic (exact) mass is 434 g/mol. The zero-order chi connectivity index (χ0) is 22.9. The lowest BCUT2D eigenvalue weighted by atomic mass is 10.1. The maximum Gasteiger partial charge on any atom is 0.333 e. The summed E-state index contributed by atoms with van der Waals surface area (Å²) in [6, 6.07) is 0. The third kappa shape index (κ3) is 11.3. The van der Waals surface area contributed by atoms with Gasteiger partial charge in [-0.15, -0.1) is 0 Å². The van der Waals surface area contributed by atoms with Gasteiger partial charge < -0.3 is 4.74 Å². The second-order valence-electron chi connectivity index (χ2n) is 7.34. The van der Waals surface area contributed by atoms with E-state index < -0.39 is 29.8 Å². The first-order chi connectivity index (χ1) is 15.0. The smallest absolute Gasteiger partial charge is 0.333 e. The van der Waals surface area contributed by atoms with Crippen LogP contribution in [0.3, 0.4) is 0 Å². The molecule has 31 heavy (non-hydrogen) atoms. The molecule has 1 heterocycles. The Hall–Kier alpha value is -2.70. The Labute approximate surface area is 183 Å². The average molecular weight is 435 g/mol. The van der Waals surface area contributed by atoms with Crippen molar-refractivity contribution in [2.45, 2.75) is 77.9 Å². The van der Waals surface area contributed by atoms with E-state index in [4.69, 9.17) is 4.74 Å². The van der Waals surface area contributed by atoms with Gasteiger partial charge >= 0.3 is 11.7 Å². The third-order valence-corrected chi connectivity index (χ3v) is 4.71. The average Bonchev–Trinajstić information content (AvgIpc) is 2.76. The van der Waals surface area contributed by atoms with Crippen molar-refractivity contribution in [3.05, 3.63) is 69.3 Å². The van der Waals surface area contributed by atoms with Crippen LogP contribution in [0.15, 0.2) is 52.2 Å². The molecule has 6 nitrogen and oxygen atoms in total. The summed E-state index contributed by atoms with van der Waals surface area (Å²) in [5, 5.41) is 0. The highest BCUT2D eigenvalue weighted by molar-refractivity contribution is 5.69. The summed E-state index contributed by atoms with van der Waals surface area (Å²) in [6.07, 6.45) is 23.2. The number of nitrogens with zero attached hydrogens (tertiary/aromatic N) is 2. The molecule has 0 aliphatic carbocycles. The Morgan fingerprint density at radius 1 is 0.968 bits per heavy atom. The second-order valence-corrected chi connectivity index (χ2v) is 7.34. The van der Waals surface area contributed by atoms with Crippen molar-refractivity contribution < 1.29 is 13.9 Å². The molecule has 0 saturated carbocycles. The van der Waals surface area contributed by atoms with Crippen molar-refractivity contribution >= 4 is 5.97 Å². The summed E-state index contributed by atoms with van der Waals surface area (Å²) >= 11 is 0. The van der Waals surface area contributed by atoms with Gasteiger partial charge in [-0.3, -0.25) is 18.7 Å². The maximum atomic E-state index is 13.4. The predicted octanol–water partition coefficient (Wildman–Crippen LogP) is 4.78. The zero-order valence-corrected chi connectivity index (χ0v) is 18.7. The minimum absolute atomic E-state index is 0.253. The van der Waals surface area contributed by atoms with Gasteiger partial charge in [0.15, 0.2) is 6.73 Å². The highest BCUT2D eigenvalue weighted by Crippen LogP contribution is 2.08. The minimum Gasteiger partial charge on any atom is -0.444 e. The molecule has 0 spiro atoms. The quantitative estimate of drug-likeness (QED) is 0.226. The van der Waals surface area contributed by atoms with E-state index in [1.165, 1.54) is 7.05 Å². The van der Waals surface area contributed by atoms with Crippen molar-refractivity contribution in [3.63, 3.8) is 0 Å². The standard InChI is InChI=1S/C24H35FN2O4/c1-3-4-5-6-7-8-9-10-11-12-13-14-15-16-17-18-22(28)31-20-27-19-21(25)23(29)26(2)24(27)30/h4-5,7-8,10-11,19H,3,6,9,12-18,20H2,1-2H3. The van der Waals surface area contributed by atoms with E-state index in [-0.39, 0.29) is 6.42 Å². The summed E-state index contributed by atoms with van der Waals surface area (Å²) in [6.45, 7) is 1.73. The van der Waals surface area contributed by atoms with Gasteiger partial charge in [-0.25, -0.2) is 4.79 Å². The highest BCUT2D eigenvalue weighted by Gasteiger charge is 2.10. The van der Waals surface area contributed by atoms with Crippen molar-refractivity contribution in [3.8, 4) is 0 Å². The normalized spacial score (nSPS) is 11.8. The number of allylic oxidation sites excluding steroid dienone is 6. The molecule has 0 N–H and O–H groups in total. The van der Waals surface area contributed by atoms with Crippen LogP contribution in [0, 0.1) is 5.82 Å². The van der Waals surface area contributed by atoms with E-state index in [9.17, 15) is 18.8 Å². The fraction of sp³-hybridized carbons (Fsp3) is 0.542. The molecule has 1 aromatic heterocycles. The largest absolute Gasteiger partial charge is 0.444 e. The number of ether oxygens (including phenoxy) is 1. The highest BCUT2D eigenvalue weighted by atomic mass is 19.1. The lowest BCUT2D eigenvalue weighted by Gasteiger charge is -2.08. The first-order valence-electron chi connectivity index (χ1n) is 11.0. The molecule has 0 saturated heterocycles. The summed E-state index contributed by atoms with van der Waals surface area (Å²) < 4.78 is 19.9. The SMILES string of the molecule is CCC=CCC=CCC=CCCCCCCCC(=O)OCn1cc(F)c(=O)n(C)c1=O. The number of carbonyl (C=O) groups excluding carboxylic acids is 1. The number of hydrogen-bond acceptors (Lipinski definition) is 4. The van der Waals surface area contributed by atoms with Crippen LogP contribution in [0.2, 0.25) is 0 Å². The van der Waals surface area contributed by atoms with Gasteiger partial charge in [-0.1, -0.05) is 62.6 Å². The summed E-state index contributed by atoms with van der Waals surface area (Å²) in [7, 11) is 1.17. The molecule has 0 aliphatic heterocycles. The first-order valence-corrected chi connectivity index (χ1v) is 11.0. The minimum atomic E-state index is -1.07. The summed E-state index contributed by atoms with van der Waals surface area (Å²) in [5.41, 5.74) is -1.73. The van der Waals surface area contributed by atoms with Crippen LogP contribution >= 0.6 is 0 Å². The summed E-state index contributed by atoms with van der Waals surface area (Å²) in [5.74, 6) is -1.51. The molecule has 0 aliphatic rings. The Morgan fingerprint density at radius 2 is 1.58 bits per heavy atom. The first kappa shape index (κ1) is 26.3. The molecule has 1 aromatic rings. The Morgan fingerprint density at radius 3 is 2.29 bits per heavy atom. The van der Waals surface area contributed by atoms with Crippen LogP contribution in [0.5, 0.6) is 0 Å². The second kappa shape index (κ2) is 16.1. The van der Waals surface area contributed by atoms with Crippen LogP contribution in [0.1, 0.15) is 71.1 Å². The van der Waals surface area contributed by atoms with Crippen LogP contribution in [0.4, 0.5) is 4.39 Å². The van der Waals surface area contributed by atoms with Crippen molar-refractivity contribution in [2.75, 3.05) is 0 Å². The molecule has 0 radical (unpaired) electrons. The third-order valence-electron chi connectivity index (χ3n) is 4.71. The molecule has 1 rings (SSSR count). The van der Waals surface area contributed by atoms with E-state index in [1.807, 2.05) is 0 Å². The van der Waals surface area contributed by atoms with Gasteiger partial charge in [-0.2, -0.15) is 4.39 Å². The van der Waals surface area contributed by atoms with E-state index in [2.05, 4.69) is 43.4 Å². The number of aromatic nitrogens is 2. The lowest BCUT2D eigenvalue weighted by molar-refractivity contribution is -0.147. The van der Waals surface area contributed by atoms with E-state index >= 15 is 0 Å². The Bertz CT molecular complexity index is 865. The van der Waals surface area contributed by atoms with E-state index in [0.29, 0.717) is 11.0 Å². The molecule has 0 fully saturated rings. The van der Waals surface area contributed by atoms with Gasteiger partial charge in [0.2, 0.25) is 5.82 Å². The lowest BCUT2D eigenvalue weighted by Crippen LogP contribution is -2.39. The number of hydrogen-bond donors (Lipinski definition) is 0. The van der Waals surface area contributed by atoms with Gasteiger partial charge in [0.1, 0.15) is 0 Å². The van der Waals surface area contributed by atoms with E-state index in [0.717, 1.165) is 62.1 Å². The number of rotatable bonds is 15. The van der Waals surface area contributed by atoms with E-state index in [1.54, 1.807) is 0 Å². The number of carbonyl (C=O) groups is 1. The molecule has 7 heteroatoms. The molecule has 0 amide bonds. The van der Waals surface area contributed by atoms with Crippen molar-refractivity contribution in [2.24, 2.45) is 7.05 Å². The fourth-order valence-electron chi connectivity index (χ4n) is 2.88. The Balaban J connectivity index is 2.06. The van der Waals surface area contributed by atoms with Crippen LogP contribution in [0.25, 0.3) is 0 Å². The van der Waals surface area contributed by atoms with Gasteiger partial charge in [0.25, 0.3) is 5.56 Å². The zero-order valence-electron chi connectivity index (χ0n) is 18.7. The number of unbranched alkanes of at least 4 members (excludes halogenated alkanes) is 5. The molecule has 172 valence electrons. The van der Waals surface area contributed by atoms with Crippen molar-refractivity contribution in [1.29, 1.82) is 0 Å². The van der Waals surface area contributed by atoms with Crippen molar-refractivity contribution in [1.82, 2.24) is 9.13 Å². The Kier molecular flexibility index (Phi) is 13.6. The number of halogens is 1. The molecular weight excluding hydrogens is 399 g/mol. The van der Waals surface area contributed by atoms with Crippen LogP contribution in [-0.4, -0.2) is 15.1 Å². The maximum absolute atomic E-state index is 13.4. The molecular formula is C24H35FN2O4. The van der Waals surface area contributed by atoms with Gasteiger partial charge in [0.05, 0.1) is 6.20 Å². The van der Waals surface area contributed by atoms with Crippen LogP contribution < -0.4 is 11.2 Å². The topological polar surface area (TPSA) is 70.3 Å². The molecule has 0 bridgehead atoms. The number of esters is 1. The predicted molar refractivity (Wildman–Crippen MR) is 121 cm³/mol. The van der Waals surface area contributed by atoms with Gasteiger partial charge in [-0.05, 0) is 38.5 Å². The fourth-order valence-corrected chi connectivity index (χ4v) is 2.88.